The highest BCUT2D eigenvalue weighted by Crippen LogP contribution is 2.49. The van der Waals surface area contributed by atoms with Gasteiger partial charge in [0.15, 0.2) is 0 Å². The Morgan fingerprint density at radius 2 is 1.93 bits per heavy atom. The maximum Gasteiger partial charge on any atom is 0.264 e. The third-order valence-electron chi connectivity index (χ3n) is 12.2. The van der Waals surface area contributed by atoms with Crippen LogP contribution < -0.4 is 14.4 Å². The van der Waals surface area contributed by atoms with E-state index in [4.69, 9.17) is 25.8 Å². The molecule has 0 aliphatic carbocycles. The van der Waals surface area contributed by atoms with Crippen LogP contribution in [-0.4, -0.2) is 100 Å². The van der Waals surface area contributed by atoms with E-state index in [9.17, 15) is 18.0 Å². The van der Waals surface area contributed by atoms with Crippen LogP contribution >= 0.6 is 11.6 Å². The van der Waals surface area contributed by atoms with E-state index in [1.54, 1.807) is 37.1 Å². The number of allylic oxidation sites excluding steroid dienone is 1. The molecule has 2 amide bonds. The van der Waals surface area contributed by atoms with Crippen molar-refractivity contribution in [3.63, 3.8) is 0 Å². The van der Waals surface area contributed by atoms with Crippen LogP contribution in [0.5, 0.6) is 5.75 Å². The molecule has 0 unspecified atom stereocenters. The molecular formula is C40H52ClFN4O7S. The van der Waals surface area contributed by atoms with Gasteiger partial charge >= 0.3 is 0 Å². The maximum atomic E-state index is 17.3. The second-order valence-electron chi connectivity index (χ2n) is 15.6. The summed E-state index contributed by atoms with van der Waals surface area (Å²) in [4.78, 5) is 34.2. The number of amides is 2. The fraction of sp³-hybridized carbons (Fsp3) is 0.600. The number of benzene rings is 2. The van der Waals surface area contributed by atoms with Crippen LogP contribution in [-0.2, 0) is 42.9 Å². The molecule has 7 bridgehead atoms. The van der Waals surface area contributed by atoms with Gasteiger partial charge in [0.1, 0.15) is 24.2 Å². The van der Waals surface area contributed by atoms with Crippen molar-refractivity contribution in [2.24, 2.45) is 5.92 Å². The zero-order valence-electron chi connectivity index (χ0n) is 31.5. The molecule has 14 heteroatoms. The number of ether oxygens (including phenoxy) is 3. The number of halogens is 2. The molecule has 4 atom stereocenters. The lowest BCUT2D eigenvalue weighted by Gasteiger charge is -2.47. The third kappa shape index (κ3) is 7.76. The Morgan fingerprint density at radius 3 is 2.72 bits per heavy atom. The fourth-order valence-corrected chi connectivity index (χ4v) is 10.4. The zero-order valence-corrected chi connectivity index (χ0v) is 33.0. The molecular weight excluding hydrogens is 735 g/mol. The Hall–Kier alpha value is -3.23. The largest absolute Gasteiger partial charge is 0.487 e. The number of anilines is 1. The Kier molecular flexibility index (Phi) is 11.6. The number of aryl methyl sites for hydroxylation is 1. The van der Waals surface area contributed by atoms with E-state index in [0.717, 1.165) is 48.8 Å². The summed E-state index contributed by atoms with van der Waals surface area (Å²) < 4.78 is 64.8. The van der Waals surface area contributed by atoms with Crippen molar-refractivity contribution in [3.8, 4) is 5.75 Å². The number of sulfonamides is 1. The Balaban J connectivity index is 1.39. The minimum atomic E-state index is -4.15. The van der Waals surface area contributed by atoms with E-state index in [1.807, 2.05) is 17.0 Å². The molecule has 54 heavy (non-hydrogen) atoms. The first kappa shape index (κ1) is 39.0. The topological polar surface area (TPSA) is 118 Å². The molecule has 2 fully saturated rings. The van der Waals surface area contributed by atoms with Crippen molar-refractivity contribution in [1.82, 2.24) is 14.5 Å². The van der Waals surface area contributed by atoms with Gasteiger partial charge in [-0.15, -0.1) is 0 Å². The molecule has 5 aliphatic heterocycles. The molecule has 0 aromatic heterocycles. The lowest BCUT2D eigenvalue weighted by atomic mass is 9.79. The molecule has 2 aromatic rings. The van der Waals surface area contributed by atoms with Crippen LogP contribution in [0.3, 0.4) is 0 Å². The van der Waals surface area contributed by atoms with Crippen molar-refractivity contribution in [2.45, 2.75) is 94.8 Å². The third-order valence-corrected chi connectivity index (χ3v) is 14.3. The quantitative estimate of drug-likeness (QED) is 0.406. The van der Waals surface area contributed by atoms with Crippen molar-refractivity contribution in [3.05, 3.63) is 69.5 Å². The van der Waals surface area contributed by atoms with Crippen LogP contribution in [0, 0.1) is 5.92 Å². The van der Waals surface area contributed by atoms with Gasteiger partial charge in [-0.3, -0.25) is 14.5 Å². The maximum absolute atomic E-state index is 17.3. The van der Waals surface area contributed by atoms with Crippen LogP contribution in [0.1, 0.15) is 85.8 Å². The van der Waals surface area contributed by atoms with E-state index >= 15 is 4.39 Å². The molecule has 11 nitrogen and oxygen atoms in total. The predicted octanol–water partition coefficient (Wildman–Crippen LogP) is 5.73. The normalized spacial score (nSPS) is 28.7. The number of carbonyl (C=O) groups is 2. The van der Waals surface area contributed by atoms with Crippen molar-refractivity contribution < 1.29 is 36.6 Å². The van der Waals surface area contributed by atoms with Gasteiger partial charge in [0.05, 0.1) is 29.2 Å². The molecule has 5 heterocycles. The van der Waals surface area contributed by atoms with Gasteiger partial charge in [-0.1, -0.05) is 24.6 Å². The molecule has 294 valence electrons. The highest BCUT2D eigenvalue weighted by Gasteiger charge is 2.52. The van der Waals surface area contributed by atoms with Crippen molar-refractivity contribution in [1.29, 1.82) is 0 Å². The van der Waals surface area contributed by atoms with Crippen LogP contribution in [0.15, 0.2) is 42.2 Å². The average Bonchev–Trinajstić information content (AvgIpc) is 3.57. The smallest absolute Gasteiger partial charge is 0.264 e. The van der Waals surface area contributed by atoms with Crippen LogP contribution in [0.2, 0.25) is 5.02 Å². The van der Waals surface area contributed by atoms with Gasteiger partial charge in [0, 0.05) is 57.0 Å². The highest BCUT2D eigenvalue weighted by atomic mass is 35.5. The minimum absolute atomic E-state index is 0.0364. The fourth-order valence-electron chi connectivity index (χ4n) is 8.82. The van der Waals surface area contributed by atoms with Gasteiger partial charge in [-0.05, 0) is 111 Å². The van der Waals surface area contributed by atoms with Gasteiger partial charge in [-0.2, -0.15) is 0 Å². The Labute approximate surface area is 323 Å². The van der Waals surface area contributed by atoms with E-state index in [2.05, 4.69) is 9.62 Å². The number of hydrogen-bond acceptors (Lipinski definition) is 9. The van der Waals surface area contributed by atoms with Crippen molar-refractivity contribution in [2.75, 3.05) is 57.9 Å². The number of nitrogens with zero attached hydrogens (tertiary/aromatic N) is 3. The molecule has 2 aromatic carbocycles. The summed E-state index contributed by atoms with van der Waals surface area (Å²) in [6.45, 7) is 6.68. The SMILES string of the molecule is C[C@@H]1[C@@H](C)C/C=C(\F)[C@H](C(=O)N(C)CCOC2CCOCC2)N2CCC[C@@]23CN2CCCCc4cc(Cl)cc3c4COc3ccc(cc32)C(=O)NS1(=O)=O. The lowest BCUT2D eigenvalue weighted by molar-refractivity contribution is -0.138. The number of hydrogen-bond donors (Lipinski definition) is 1. The molecule has 0 saturated carbocycles. The molecule has 2 saturated heterocycles. The van der Waals surface area contributed by atoms with Crippen molar-refractivity contribution >= 4 is 39.1 Å². The summed E-state index contributed by atoms with van der Waals surface area (Å²) in [5, 5.41) is -0.459. The second-order valence-corrected chi connectivity index (χ2v) is 18.1. The number of rotatable bonds is 5. The molecule has 7 rings (SSSR count). The number of likely N-dealkylation sites (N-methyl/N-ethyl adjacent to an activating group) is 1. The summed E-state index contributed by atoms with van der Waals surface area (Å²) in [6, 6.07) is 7.69. The minimum Gasteiger partial charge on any atom is -0.487 e. The Bertz CT molecular complexity index is 1890. The van der Waals surface area contributed by atoms with Gasteiger partial charge in [0.25, 0.3) is 5.91 Å². The van der Waals surface area contributed by atoms with Crippen LogP contribution in [0.4, 0.5) is 10.1 Å². The zero-order chi connectivity index (χ0) is 38.2. The first-order valence-corrected chi connectivity index (χ1v) is 21.3. The van der Waals surface area contributed by atoms with Gasteiger partial charge in [0.2, 0.25) is 15.9 Å². The number of fused-ring (bicyclic) bond motifs is 1. The lowest BCUT2D eigenvalue weighted by Crippen LogP contribution is -2.58. The predicted molar refractivity (Wildman–Crippen MR) is 205 cm³/mol. The summed E-state index contributed by atoms with van der Waals surface area (Å²) in [5.41, 5.74) is 2.92. The summed E-state index contributed by atoms with van der Waals surface area (Å²) in [7, 11) is -2.46. The first-order valence-electron chi connectivity index (χ1n) is 19.3. The highest BCUT2D eigenvalue weighted by molar-refractivity contribution is 7.90. The molecule has 0 radical (unpaired) electrons. The first-order chi connectivity index (χ1) is 25.9. The summed E-state index contributed by atoms with van der Waals surface area (Å²) >= 11 is 6.93. The average molecular weight is 787 g/mol. The van der Waals surface area contributed by atoms with E-state index in [1.165, 1.54) is 13.0 Å². The van der Waals surface area contributed by atoms with E-state index in [-0.39, 0.29) is 31.2 Å². The van der Waals surface area contributed by atoms with Gasteiger partial charge < -0.3 is 24.0 Å². The summed E-state index contributed by atoms with van der Waals surface area (Å²) in [5.74, 6) is -1.80. The van der Waals surface area contributed by atoms with E-state index < -0.39 is 50.4 Å². The summed E-state index contributed by atoms with van der Waals surface area (Å²) in [6.07, 6.45) is 6.82. The monoisotopic (exact) mass is 786 g/mol. The molecule has 1 spiro atoms. The van der Waals surface area contributed by atoms with Crippen LogP contribution in [0.25, 0.3) is 0 Å². The number of carbonyl (C=O) groups excluding carboxylic acids is 2. The molecule has 1 N–H and O–H groups in total. The Morgan fingerprint density at radius 1 is 1.13 bits per heavy atom. The van der Waals surface area contributed by atoms with E-state index in [0.29, 0.717) is 68.8 Å². The molecule has 5 aliphatic rings. The van der Waals surface area contributed by atoms with Gasteiger partial charge in [-0.25, -0.2) is 17.5 Å². The standard InChI is InChI=1S/C40H52ClFN4O7S/c1-26-8-10-34(42)37(39(48)44(3)17-20-52-31-12-18-51-19-13-31)46-16-6-14-40(46)25-45-15-5-4-7-28-21-30(41)23-33(40)32(28)24-53-36-11-9-29(22-35(36)45)38(47)43-54(49,50)27(26)2/h9-11,21-23,26-27,31,37H,4-8,12-20,24-25H2,1-3H3,(H,43,47)/b34-10-/t26-,27+,37+,40-/m0/s1. The number of nitrogens with one attached hydrogen (secondary N) is 1. The second kappa shape index (κ2) is 16.1.